The lowest BCUT2D eigenvalue weighted by Gasteiger charge is -1.98. The molecule has 0 radical (unpaired) electrons. The van der Waals surface area contributed by atoms with Crippen molar-refractivity contribution in [2.24, 2.45) is 0 Å². The largest absolute Gasteiger partial charge is 0.297 e. The third kappa shape index (κ3) is 1.48. The van der Waals surface area contributed by atoms with E-state index in [-0.39, 0.29) is 5.56 Å². The van der Waals surface area contributed by atoms with Crippen LogP contribution in [-0.4, -0.2) is 16.0 Å². The SMILES string of the molecule is CSc1c[nH]n(-c2ccccc2)c1=O. The highest BCUT2D eigenvalue weighted by Gasteiger charge is 2.05. The van der Waals surface area contributed by atoms with Crippen molar-refractivity contribution in [2.75, 3.05) is 6.26 Å². The average molecular weight is 206 g/mol. The number of hydrogen-bond acceptors (Lipinski definition) is 2. The maximum atomic E-state index is 11.7. The van der Waals surface area contributed by atoms with Gasteiger partial charge >= 0.3 is 0 Å². The topological polar surface area (TPSA) is 37.8 Å². The number of thioether (sulfide) groups is 1. The van der Waals surface area contributed by atoms with Crippen LogP contribution in [0.25, 0.3) is 5.69 Å². The molecule has 3 nitrogen and oxygen atoms in total. The number of aromatic nitrogens is 2. The highest BCUT2D eigenvalue weighted by molar-refractivity contribution is 7.98. The third-order valence-electron chi connectivity index (χ3n) is 1.97. The van der Waals surface area contributed by atoms with Crippen molar-refractivity contribution >= 4 is 11.8 Å². The number of rotatable bonds is 2. The minimum atomic E-state index is 0.00343. The maximum absolute atomic E-state index is 11.7. The zero-order valence-corrected chi connectivity index (χ0v) is 8.54. The molecule has 0 unspecified atom stereocenters. The Labute approximate surface area is 85.7 Å². The van der Waals surface area contributed by atoms with Crippen molar-refractivity contribution < 1.29 is 0 Å². The Balaban J connectivity index is 2.53. The van der Waals surface area contributed by atoms with Crippen LogP contribution in [0.2, 0.25) is 0 Å². The summed E-state index contributed by atoms with van der Waals surface area (Å²) in [5, 5.41) is 2.92. The van der Waals surface area contributed by atoms with E-state index in [9.17, 15) is 4.79 Å². The minimum absolute atomic E-state index is 0.00343. The van der Waals surface area contributed by atoms with E-state index in [0.717, 1.165) is 10.6 Å². The van der Waals surface area contributed by atoms with Crippen LogP contribution in [-0.2, 0) is 0 Å². The number of hydrogen-bond donors (Lipinski definition) is 1. The number of H-pyrrole nitrogens is 1. The summed E-state index contributed by atoms with van der Waals surface area (Å²) in [6, 6.07) is 9.51. The molecule has 0 bridgehead atoms. The van der Waals surface area contributed by atoms with Crippen LogP contribution in [0.5, 0.6) is 0 Å². The van der Waals surface area contributed by atoms with E-state index in [1.165, 1.54) is 16.4 Å². The Kier molecular flexibility index (Phi) is 2.45. The number of nitrogens with one attached hydrogen (secondary N) is 1. The van der Waals surface area contributed by atoms with Gasteiger partial charge in [0, 0.05) is 6.20 Å². The molecule has 2 aromatic rings. The van der Waals surface area contributed by atoms with Gasteiger partial charge in [0.2, 0.25) is 0 Å². The molecule has 0 saturated carbocycles. The van der Waals surface area contributed by atoms with Gasteiger partial charge in [0.05, 0.1) is 10.6 Å². The Morgan fingerprint density at radius 3 is 2.57 bits per heavy atom. The number of para-hydroxylation sites is 1. The number of aromatic amines is 1. The van der Waals surface area contributed by atoms with Gasteiger partial charge in [0.15, 0.2) is 0 Å². The Bertz CT molecular complexity index is 472. The monoisotopic (exact) mass is 206 g/mol. The zero-order chi connectivity index (χ0) is 9.97. The lowest BCUT2D eigenvalue weighted by molar-refractivity contribution is 0.846. The second-order valence-electron chi connectivity index (χ2n) is 2.82. The fraction of sp³-hybridized carbons (Fsp3) is 0.100. The van der Waals surface area contributed by atoms with E-state index in [4.69, 9.17) is 0 Å². The second-order valence-corrected chi connectivity index (χ2v) is 3.67. The molecule has 14 heavy (non-hydrogen) atoms. The van der Waals surface area contributed by atoms with Crippen LogP contribution in [0.15, 0.2) is 46.2 Å². The van der Waals surface area contributed by atoms with Gasteiger partial charge in [0.25, 0.3) is 5.56 Å². The van der Waals surface area contributed by atoms with Gasteiger partial charge in [-0.2, -0.15) is 0 Å². The summed E-state index contributed by atoms with van der Waals surface area (Å²) in [5.41, 5.74) is 0.863. The van der Waals surface area contributed by atoms with Gasteiger partial charge in [-0.3, -0.25) is 9.89 Å². The summed E-state index contributed by atoms with van der Waals surface area (Å²) >= 11 is 1.45. The van der Waals surface area contributed by atoms with E-state index >= 15 is 0 Å². The second kappa shape index (κ2) is 3.75. The van der Waals surface area contributed by atoms with Crippen LogP contribution in [0.4, 0.5) is 0 Å². The lowest BCUT2D eigenvalue weighted by Crippen LogP contribution is -2.15. The van der Waals surface area contributed by atoms with Gasteiger partial charge in [-0.15, -0.1) is 11.8 Å². The summed E-state index contributed by atoms with van der Waals surface area (Å²) in [6.45, 7) is 0. The number of nitrogens with zero attached hydrogens (tertiary/aromatic N) is 1. The molecule has 1 heterocycles. The normalized spacial score (nSPS) is 10.4. The molecule has 0 atom stereocenters. The molecule has 0 aliphatic heterocycles. The Morgan fingerprint density at radius 2 is 2.00 bits per heavy atom. The van der Waals surface area contributed by atoms with Crippen molar-refractivity contribution in [1.82, 2.24) is 9.78 Å². The molecule has 2 rings (SSSR count). The van der Waals surface area contributed by atoms with Crippen LogP contribution in [0.3, 0.4) is 0 Å². The molecule has 1 aromatic carbocycles. The first-order valence-corrected chi connectivity index (χ1v) is 5.45. The fourth-order valence-corrected chi connectivity index (χ4v) is 1.71. The molecular weight excluding hydrogens is 196 g/mol. The molecular formula is C10H10N2OS. The summed E-state index contributed by atoms with van der Waals surface area (Å²) in [6.07, 6.45) is 3.61. The van der Waals surface area contributed by atoms with Gasteiger partial charge in [0.1, 0.15) is 0 Å². The molecule has 72 valence electrons. The van der Waals surface area contributed by atoms with Gasteiger partial charge in [-0.25, -0.2) is 4.68 Å². The zero-order valence-electron chi connectivity index (χ0n) is 7.73. The molecule has 0 aliphatic rings. The van der Waals surface area contributed by atoms with Crippen molar-refractivity contribution in [3.8, 4) is 5.69 Å². The van der Waals surface area contributed by atoms with E-state index in [1.54, 1.807) is 6.20 Å². The molecule has 0 spiro atoms. The molecule has 0 aliphatic carbocycles. The van der Waals surface area contributed by atoms with Crippen molar-refractivity contribution in [3.63, 3.8) is 0 Å². The van der Waals surface area contributed by atoms with Crippen molar-refractivity contribution in [3.05, 3.63) is 46.9 Å². The molecule has 4 heteroatoms. The van der Waals surface area contributed by atoms with E-state index in [2.05, 4.69) is 5.10 Å². The summed E-state index contributed by atoms with van der Waals surface area (Å²) in [5.74, 6) is 0. The molecule has 0 saturated heterocycles. The highest BCUT2D eigenvalue weighted by atomic mass is 32.2. The van der Waals surface area contributed by atoms with Gasteiger partial charge in [-0.1, -0.05) is 18.2 Å². The fourth-order valence-electron chi connectivity index (χ4n) is 1.27. The van der Waals surface area contributed by atoms with Crippen LogP contribution in [0, 0.1) is 0 Å². The first kappa shape index (κ1) is 9.15. The maximum Gasteiger partial charge on any atom is 0.284 e. The van der Waals surface area contributed by atoms with Crippen LogP contribution >= 0.6 is 11.8 Å². The molecule has 1 aromatic heterocycles. The van der Waals surface area contributed by atoms with E-state index in [0.29, 0.717) is 0 Å². The summed E-state index contributed by atoms with van der Waals surface area (Å²) in [4.78, 5) is 12.4. The minimum Gasteiger partial charge on any atom is -0.297 e. The van der Waals surface area contributed by atoms with Crippen LogP contribution in [0.1, 0.15) is 0 Å². The predicted molar refractivity (Wildman–Crippen MR) is 58.2 cm³/mol. The summed E-state index contributed by atoms with van der Waals surface area (Å²) in [7, 11) is 0. The van der Waals surface area contributed by atoms with Crippen LogP contribution < -0.4 is 5.56 Å². The third-order valence-corrected chi connectivity index (χ3v) is 2.71. The van der Waals surface area contributed by atoms with Gasteiger partial charge in [-0.05, 0) is 18.4 Å². The smallest absolute Gasteiger partial charge is 0.284 e. The Hall–Kier alpha value is -1.42. The molecule has 1 N–H and O–H groups in total. The van der Waals surface area contributed by atoms with Crippen molar-refractivity contribution in [1.29, 1.82) is 0 Å². The quantitative estimate of drug-likeness (QED) is 0.762. The van der Waals surface area contributed by atoms with E-state index in [1.807, 2.05) is 36.6 Å². The van der Waals surface area contributed by atoms with Gasteiger partial charge < -0.3 is 0 Å². The standard InChI is InChI=1S/C10H10N2OS/c1-14-9-7-11-12(10(9)13)8-5-3-2-4-6-8/h2-7,11H,1H3. The van der Waals surface area contributed by atoms with E-state index < -0.39 is 0 Å². The molecule has 0 fully saturated rings. The predicted octanol–water partition coefficient (Wildman–Crippen LogP) is 1.89. The highest BCUT2D eigenvalue weighted by Crippen LogP contribution is 2.09. The molecule has 0 amide bonds. The lowest BCUT2D eigenvalue weighted by atomic mass is 10.3. The Morgan fingerprint density at radius 1 is 1.29 bits per heavy atom. The first-order valence-electron chi connectivity index (χ1n) is 4.23. The number of benzene rings is 1. The average Bonchev–Trinajstić information content (AvgIpc) is 2.61. The first-order chi connectivity index (χ1) is 6.83. The summed E-state index contributed by atoms with van der Waals surface area (Å²) < 4.78 is 1.53. The van der Waals surface area contributed by atoms with Crippen molar-refractivity contribution in [2.45, 2.75) is 4.90 Å².